The SMILES string of the molecule is CCC(=O)C1SC=NC1(O)c1ccc(N)cc1. The Morgan fingerprint density at radius 3 is 2.76 bits per heavy atom. The van der Waals surface area contributed by atoms with Gasteiger partial charge >= 0.3 is 0 Å². The van der Waals surface area contributed by atoms with E-state index in [1.807, 2.05) is 0 Å². The van der Waals surface area contributed by atoms with E-state index in [1.165, 1.54) is 17.3 Å². The van der Waals surface area contributed by atoms with Gasteiger partial charge in [-0.25, -0.2) is 4.99 Å². The average Bonchev–Trinajstić information content (AvgIpc) is 2.72. The molecule has 0 spiro atoms. The molecule has 2 atom stereocenters. The number of hydrogen-bond acceptors (Lipinski definition) is 5. The molecule has 1 aromatic carbocycles. The van der Waals surface area contributed by atoms with E-state index in [-0.39, 0.29) is 5.78 Å². The monoisotopic (exact) mass is 250 g/mol. The molecule has 0 saturated heterocycles. The molecule has 1 heterocycles. The van der Waals surface area contributed by atoms with Crippen LogP contribution in [0.15, 0.2) is 29.3 Å². The van der Waals surface area contributed by atoms with E-state index >= 15 is 0 Å². The van der Waals surface area contributed by atoms with Gasteiger partial charge in [-0.3, -0.25) is 4.79 Å². The lowest BCUT2D eigenvalue weighted by molar-refractivity contribution is -0.122. The molecular weight excluding hydrogens is 236 g/mol. The molecule has 0 fully saturated rings. The third-order valence-electron chi connectivity index (χ3n) is 2.79. The Balaban J connectivity index is 2.37. The fraction of sp³-hybridized carbons (Fsp3) is 0.333. The molecule has 3 N–H and O–H groups in total. The maximum atomic E-state index is 11.8. The predicted octanol–water partition coefficient (Wildman–Crippen LogP) is 1.54. The quantitative estimate of drug-likeness (QED) is 0.798. The van der Waals surface area contributed by atoms with Gasteiger partial charge in [0.1, 0.15) is 5.25 Å². The second-order valence-electron chi connectivity index (χ2n) is 3.92. The Morgan fingerprint density at radius 2 is 2.18 bits per heavy atom. The Morgan fingerprint density at radius 1 is 1.53 bits per heavy atom. The Hall–Kier alpha value is -1.33. The van der Waals surface area contributed by atoms with E-state index in [1.54, 1.807) is 31.2 Å². The van der Waals surface area contributed by atoms with Crippen molar-refractivity contribution in [2.75, 3.05) is 5.73 Å². The number of carbonyl (C=O) groups is 1. The molecule has 0 bridgehead atoms. The summed E-state index contributed by atoms with van der Waals surface area (Å²) in [4.78, 5) is 15.8. The molecule has 2 unspecified atom stereocenters. The molecule has 90 valence electrons. The van der Waals surface area contributed by atoms with Crippen LogP contribution in [0.5, 0.6) is 0 Å². The largest absolute Gasteiger partial charge is 0.399 e. The van der Waals surface area contributed by atoms with Gasteiger partial charge in [-0.1, -0.05) is 30.8 Å². The summed E-state index contributed by atoms with van der Waals surface area (Å²) in [5, 5.41) is 9.98. The van der Waals surface area contributed by atoms with Gasteiger partial charge in [0, 0.05) is 17.7 Å². The molecule has 1 aliphatic rings. The van der Waals surface area contributed by atoms with Gasteiger partial charge in [-0.05, 0) is 12.1 Å². The highest BCUT2D eigenvalue weighted by molar-refractivity contribution is 8.13. The number of carbonyl (C=O) groups excluding carboxylic acids is 1. The number of thioether (sulfide) groups is 1. The summed E-state index contributed by atoms with van der Waals surface area (Å²) < 4.78 is 0. The number of nitrogen functional groups attached to an aromatic ring is 1. The van der Waals surface area contributed by atoms with E-state index in [0.29, 0.717) is 17.7 Å². The lowest BCUT2D eigenvalue weighted by Gasteiger charge is -2.26. The number of aliphatic hydroxyl groups is 1. The second kappa shape index (κ2) is 4.50. The summed E-state index contributed by atoms with van der Waals surface area (Å²) in [6, 6.07) is 6.79. The van der Waals surface area contributed by atoms with Crippen molar-refractivity contribution in [2.24, 2.45) is 4.99 Å². The molecule has 0 aromatic heterocycles. The number of hydrogen-bond donors (Lipinski definition) is 2. The third-order valence-corrected chi connectivity index (χ3v) is 3.88. The second-order valence-corrected chi connectivity index (χ2v) is 4.87. The first-order valence-corrected chi connectivity index (χ1v) is 6.32. The standard InChI is InChI=1S/C12H14N2O2S/c1-2-10(15)11-12(16,14-7-17-11)8-3-5-9(13)6-4-8/h3-7,11,16H,2,13H2,1H3. The zero-order chi connectivity index (χ0) is 12.5. The lowest BCUT2D eigenvalue weighted by atomic mass is 9.96. The summed E-state index contributed by atoms with van der Waals surface area (Å²) in [5.41, 5.74) is 6.89. The fourth-order valence-corrected chi connectivity index (χ4v) is 2.82. The minimum Gasteiger partial charge on any atom is -0.399 e. The normalized spacial score (nSPS) is 27.3. The molecule has 17 heavy (non-hydrogen) atoms. The molecule has 0 radical (unpaired) electrons. The number of rotatable bonds is 3. The summed E-state index contributed by atoms with van der Waals surface area (Å²) in [6.45, 7) is 1.78. The highest BCUT2D eigenvalue weighted by Crippen LogP contribution is 2.39. The first-order valence-electron chi connectivity index (χ1n) is 5.38. The number of Topliss-reactive ketones (excluding diaryl/α,β-unsaturated/α-hetero) is 1. The number of benzene rings is 1. The van der Waals surface area contributed by atoms with Crippen molar-refractivity contribution >= 4 is 28.8 Å². The van der Waals surface area contributed by atoms with E-state index in [4.69, 9.17) is 5.73 Å². The first kappa shape index (κ1) is 12.1. The van der Waals surface area contributed by atoms with E-state index in [9.17, 15) is 9.90 Å². The van der Waals surface area contributed by atoms with Crippen LogP contribution in [0.4, 0.5) is 5.69 Å². The maximum absolute atomic E-state index is 11.8. The summed E-state index contributed by atoms with van der Waals surface area (Å²) in [7, 11) is 0. The molecule has 0 saturated carbocycles. The highest BCUT2D eigenvalue weighted by Gasteiger charge is 2.45. The zero-order valence-electron chi connectivity index (χ0n) is 9.46. The Kier molecular flexibility index (Phi) is 3.22. The molecule has 4 nitrogen and oxygen atoms in total. The Labute approximate surface area is 104 Å². The van der Waals surface area contributed by atoms with E-state index in [0.717, 1.165) is 0 Å². The number of ketones is 1. The molecule has 0 amide bonds. The highest BCUT2D eigenvalue weighted by atomic mass is 32.2. The minimum atomic E-state index is -1.45. The van der Waals surface area contributed by atoms with Crippen LogP contribution < -0.4 is 5.73 Å². The number of nitrogens with two attached hydrogens (primary N) is 1. The van der Waals surface area contributed by atoms with Gasteiger partial charge in [0.05, 0.1) is 5.55 Å². The van der Waals surface area contributed by atoms with Gasteiger partial charge in [0.25, 0.3) is 0 Å². The van der Waals surface area contributed by atoms with Gasteiger partial charge in [-0.2, -0.15) is 0 Å². The average molecular weight is 250 g/mol. The molecule has 5 heteroatoms. The zero-order valence-corrected chi connectivity index (χ0v) is 10.3. The number of anilines is 1. The minimum absolute atomic E-state index is 0.00757. The topological polar surface area (TPSA) is 75.7 Å². The first-order chi connectivity index (χ1) is 8.08. The predicted molar refractivity (Wildman–Crippen MR) is 69.9 cm³/mol. The third kappa shape index (κ3) is 2.08. The summed E-state index contributed by atoms with van der Waals surface area (Å²) in [6.07, 6.45) is 0.387. The van der Waals surface area contributed by atoms with Crippen LogP contribution in [-0.4, -0.2) is 21.7 Å². The van der Waals surface area contributed by atoms with Crippen LogP contribution in [-0.2, 0) is 10.5 Å². The van der Waals surface area contributed by atoms with Crippen molar-refractivity contribution in [3.8, 4) is 0 Å². The Bertz CT molecular complexity index is 458. The van der Waals surface area contributed by atoms with Crippen molar-refractivity contribution < 1.29 is 9.90 Å². The van der Waals surface area contributed by atoms with Crippen molar-refractivity contribution in [2.45, 2.75) is 24.3 Å². The number of nitrogens with zero attached hydrogens (tertiary/aromatic N) is 1. The fourth-order valence-electron chi connectivity index (χ4n) is 1.77. The van der Waals surface area contributed by atoms with Crippen molar-refractivity contribution in [3.05, 3.63) is 29.8 Å². The van der Waals surface area contributed by atoms with Gasteiger partial charge in [0.2, 0.25) is 5.72 Å². The summed E-state index contributed by atoms with van der Waals surface area (Å²) >= 11 is 1.26. The molecule has 0 aliphatic carbocycles. The van der Waals surface area contributed by atoms with Crippen LogP contribution in [0.25, 0.3) is 0 Å². The maximum Gasteiger partial charge on any atom is 0.202 e. The smallest absolute Gasteiger partial charge is 0.202 e. The summed E-state index contributed by atoms with van der Waals surface area (Å²) in [5.74, 6) is -0.00757. The molecule has 1 aliphatic heterocycles. The lowest BCUT2D eigenvalue weighted by Crippen LogP contribution is -2.38. The van der Waals surface area contributed by atoms with Crippen LogP contribution in [0.1, 0.15) is 18.9 Å². The van der Waals surface area contributed by atoms with Gasteiger partial charge in [-0.15, -0.1) is 0 Å². The number of aliphatic imine (C=N–C) groups is 1. The van der Waals surface area contributed by atoms with Crippen LogP contribution in [0, 0.1) is 0 Å². The van der Waals surface area contributed by atoms with Crippen LogP contribution >= 0.6 is 11.8 Å². The van der Waals surface area contributed by atoms with Gasteiger partial charge in [0.15, 0.2) is 5.78 Å². The van der Waals surface area contributed by atoms with Crippen molar-refractivity contribution in [3.63, 3.8) is 0 Å². The van der Waals surface area contributed by atoms with E-state index in [2.05, 4.69) is 4.99 Å². The van der Waals surface area contributed by atoms with Crippen molar-refractivity contribution in [1.82, 2.24) is 0 Å². The van der Waals surface area contributed by atoms with Gasteiger partial charge < -0.3 is 10.8 Å². The molecule has 2 rings (SSSR count). The van der Waals surface area contributed by atoms with Crippen molar-refractivity contribution in [1.29, 1.82) is 0 Å². The molecule has 1 aromatic rings. The van der Waals surface area contributed by atoms with Crippen LogP contribution in [0.3, 0.4) is 0 Å². The molecular formula is C12H14N2O2S. The van der Waals surface area contributed by atoms with Crippen LogP contribution in [0.2, 0.25) is 0 Å². The van der Waals surface area contributed by atoms with E-state index < -0.39 is 11.0 Å².